The molecule has 1 heterocycles. The molecule has 2 rings (SSSR count). The summed E-state index contributed by atoms with van der Waals surface area (Å²) in [5, 5.41) is 0. The zero-order valence-electron chi connectivity index (χ0n) is 6.69. The minimum absolute atomic E-state index is 0.236. The topological polar surface area (TPSA) is 26.3 Å². The lowest BCUT2D eigenvalue weighted by Gasteiger charge is -2.21. The van der Waals surface area contributed by atoms with Gasteiger partial charge in [-0.3, -0.25) is 4.79 Å². The van der Waals surface area contributed by atoms with Gasteiger partial charge in [0, 0.05) is 0 Å². The zero-order valence-corrected chi connectivity index (χ0v) is 6.69. The monoisotopic (exact) mass is 162 g/mol. The van der Waals surface area contributed by atoms with Gasteiger partial charge >= 0.3 is 0 Å². The van der Waals surface area contributed by atoms with Crippen LogP contribution in [0.4, 0.5) is 0 Å². The van der Waals surface area contributed by atoms with Gasteiger partial charge in [0.25, 0.3) is 0 Å². The Bertz CT molecular complexity index is 294. The largest absolute Gasteiger partial charge is 0.483 e. The van der Waals surface area contributed by atoms with Gasteiger partial charge < -0.3 is 4.74 Å². The van der Waals surface area contributed by atoms with Crippen molar-refractivity contribution >= 4 is 6.29 Å². The molecule has 0 spiro atoms. The standard InChI is InChI=1S/C10H10O2/c11-7-9-6-5-8-3-1-2-4-10(8)12-9/h1-4,7,9H,5-6H2. The molecule has 0 saturated carbocycles. The van der Waals surface area contributed by atoms with E-state index in [0.717, 1.165) is 24.9 Å². The van der Waals surface area contributed by atoms with Crippen LogP contribution < -0.4 is 4.74 Å². The van der Waals surface area contributed by atoms with E-state index in [2.05, 4.69) is 0 Å². The molecular formula is C10H10O2. The summed E-state index contributed by atoms with van der Waals surface area (Å²) in [7, 11) is 0. The maximum absolute atomic E-state index is 10.4. The van der Waals surface area contributed by atoms with Crippen LogP contribution in [0.15, 0.2) is 24.3 Å². The number of rotatable bonds is 1. The summed E-state index contributed by atoms with van der Waals surface area (Å²) >= 11 is 0. The van der Waals surface area contributed by atoms with Gasteiger partial charge in [-0.15, -0.1) is 0 Å². The molecule has 12 heavy (non-hydrogen) atoms. The molecule has 1 unspecified atom stereocenters. The van der Waals surface area contributed by atoms with Crippen molar-refractivity contribution in [2.45, 2.75) is 18.9 Å². The number of carbonyl (C=O) groups is 1. The van der Waals surface area contributed by atoms with Gasteiger partial charge in [-0.25, -0.2) is 0 Å². The Kier molecular flexibility index (Phi) is 1.82. The first-order chi connectivity index (χ1) is 5.90. The number of aldehydes is 1. The van der Waals surface area contributed by atoms with E-state index in [1.165, 1.54) is 5.56 Å². The highest BCUT2D eigenvalue weighted by Crippen LogP contribution is 2.25. The molecule has 0 fully saturated rings. The van der Waals surface area contributed by atoms with E-state index < -0.39 is 0 Å². The average Bonchev–Trinajstić information content (AvgIpc) is 2.17. The number of ether oxygens (including phenoxy) is 1. The first-order valence-corrected chi connectivity index (χ1v) is 4.10. The predicted molar refractivity (Wildman–Crippen MR) is 45.2 cm³/mol. The van der Waals surface area contributed by atoms with E-state index in [1.807, 2.05) is 24.3 Å². The Labute approximate surface area is 71.2 Å². The van der Waals surface area contributed by atoms with E-state index in [9.17, 15) is 4.79 Å². The Morgan fingerprint density at radius 3 is 3.08 bits per heavy atom. The maximum atomic E-state index is 10.4. The van der Waals surface area contributed by atoms with Crippen molar-refractivity contribution in [1.29, 1.82) is 0 Å². The van der Waals surface area contributed by atoms with Crippen LogP contribution in [-0.4, -0.2) is 12.4 Å². The Morgan fingerprint density at radius 2 is 2.25 bits per heavy atom. The number of aryl methyl sites for hydroxylation is 1. The fraction of sp³-hybridized carbons (Fsp3) is 0.300. The third-order valence-electron chi connectivity index (χ3n) is 2.10. The summed E-state index contributed by atoms with van der Waals surface area (Å²) < 4.78 is 5.41. The lowest BCUT2D eigenvalue weighted by atomic mass is 10.0. The summed E-state index contributed by atoms with van der Waals surface area (Å²) in [6.45, 7) is 0. The number of para-hydroxylation sites is 1. The summed E-state index contributed by atoms with van der Waals surface area (Å²) in [6.07, 6.45) is 2.38. The first-order valence-electron chi connectivity index (χ1n) is 4.10. The van der Waals surface area contributed by atoms with Gasteiger partial charge in [0.05, 0.1) is 0 Å². The molecule has 0 saturated heterocycles. The van der Waals surface area contributed by atoms with Gasteiger partial charge in [-0.05, 0) is 24.5 Å². The van der Waals surface area contributed by atoms with Gasteiger partial charge in [-0.2, -0.15) is 0 Å². The molecule has 1 aromatic rings. The molecule has 0 radical (unpaired) electrons. The summed E-state index contributed by atoms with van der Waals surface area (Å²) in [5.74, 6) is 0.862. The number of benzene rings is 1. The van der Waals surface area contributed by atoms with Crippen molar-refractivity contribution in [3.63, 3.8) is 0 Å². The molecular weight excluding hydrogens is 152 g/mol. The molecule has 1 aromatic carbocycles. The Hall–Kier alpha value is -1.31. The normalized spacial score (nSPS) is 20.8. The Morgan fingerprint density at radius 1 is 1.42 bits per heavy atom. The molecule has 1 atom stereocenters. The highest BCUT2D eigenvalue weighted by atomic mass is 16.5. The van der Waals surface area contributed by atoms with Crippen LogP contribution in [0.2, 0.25) is 0 Å². The second-order valence-corrected chi connectivity index (χ2v) is 2.94. The zero-order chi connectivity index (χ0) is 8.39. The van der Waals surface area contributed by atoms with Gasteiger partial charge in [0.15, 0.2) is 12.4 Å². The highest BCUT2D eigenvalue weighted by Gasteiger charge is 2.17. The molecule has 62 valence electrons. The second-order valence-electron chi connectivity index (χ2n) is 2.94. The summed E-state index contributed by atoms with van der Waals surface area (Å²) in [6, 6.07) is 7.86. The second kappa shape index (κ2) is 2.97. The summed E-state index contributed by atoms with van der Waals surface area (Å²) in [4.78, 5) is 10.4. The van der Waals surface area contributed by atoms with Gasteiger partial charge in [-0.1, -0.05) is 18.2 Å². The Balaban J connectivity index is 2.28. The number of hydrogen-bond donors (Lipinski definition) is 0. The van der Waals surface area contributed by atoms with Crippen LogP contribution in [0.1, 0.15) is 12.0 Å². The molecule has 1 aliphatic rings. The van der Waals surface area contributed by atoms with Crippen LogP contribution in [0.25, 0.3) is 0 Å². The van der Waals surface area contributed by atoms with Gasteiger partial charge in [0.1, 0.15) is 5.75 Å². The van der Waals surface area contributed by atoms with Crippen molar-refractivity contribution in [2.75, 3.05) is 0 Å². The molecule has 0 bridgehead atoms. The fourth-order valence-corrected chi connectivity index (χ4v) is 1.44. The molecule has 0 aromatic heterocycles. The van der Waals surface area contributed by atoms with Crippen LogP contribution in [0.3, 0.4) is 0 Å². The van der Waals surface area contributed by atoms with Crippen molar-refractivity contribution in [1.82, 2.24) is 0 Å². The van der Waals surface area contributed by atoms with Crippen molar-refractivity contribution in [2.24, 2.45) is 0 Å². The van der Waals surface area contributed by atoms with Crippen molar-refractivity contribution < 1.29 is 9.53 Å². The van der Waals surface area contributed by atoms with E-state index in [0.29, 0.717) is 0 Å². The third-order valence-corrected chi connectivity index (χ3v) is 2.10. The molecule has 1 aliphatic heterocycles. The highest BCUT2D eigenvalue weighted by molar-refractivity contribution is 5.58. The molecule has 0 N–H and O–H groups in total. The maximum Gasteiger partial charge on any atom is 0.160 e. The van der Waals surface area contributed by atoms with Crippen molar-refractivity contribution in [3.8, 4) is 5.75 Å². The molecule has 0 amide bonds. The number of hydrogen-bond acceptors (Lipinski definition) is 2. The minimum Gasteiger partial charge on any atom is -0.483 e. The van der Waals surface area contributed by atoms with Crippen molar-refractivity contribution in [3.05, 3.63) is 29.8 Å². The molecule has 0 aliphatic carbocycles. The predicted octanol–water partition coefficient (Wildman–Crippen LogP) is 1.58. The molecule has 2 nitrogen and oxygen atoms in total. The molecule has 2 heteroatoms. The fourth-order valence-electron chi connectivity index (χ4n) is 1.44. The van der Waals surface area contributed by atoms with Crippen LogP contribution in [-0.2, 0) is 11.2 Å². The average molecular weight is 162 g/mol. The van der Waals surface area contributed by atoms with E-state index >= 15 is 0 Å². The number of fused-ring (bicyclic) bond motifs is 1. The van der Waals surface area contributed by atoms with Crippen LogP contribution >= 0.6 is 0 Å². The minimum atomic E-state index is -0.236. The smallest absolute Gasteiger partial charge is 0.160 e. The van der Waals surface area contributed by atoms with Gasteiger partial charge in [0.2, 0.25) is 0 Å². The quantitative estimate of drug-likeness (QED) is 0.586. The van der Waals surface area contributed by atoms with Crippen LogP contribution in [0, 0.1) is 0 Å². The van der Waals surface area contributed by atoms with Crippen LogP contribution in [0.5, 0.6) is 5.75 Å². The summed E-state index contributed by atoms with van der Waals surface area (Å²) in [5.41, 5.74) is 1.20. The SMILES string of the molecule is O=CC1CCc2ccccc2O1. The lowest BCUT2D eigenvalue weighted by Crippen LogP contribution is -2.23. The van der Waals surface area contributed by atoms with E-state index in [-0.39, 0.29) is 6.10 Å². The number of carbonyl (C=O) groups excluding carboxylic acids is 1. The third kappa shape index (κ3) is 1.20. The first kappa shape index (κ1) is 7.35. The lowest BCUT2D eigenvalue weighted by molar-refractivity contribution is -0.114. The van der Waals surface area contributed by atoms with E-state index in [4.69, 9.17) is 4.74 Å². The van der Waals surface area contributed by atoms with E-state index in [1.54, 1.807) is 0 Å².